The van der Waals surface area contributed by atoms with E-state index in [-0.39, 0.29) is 5.56 Å². The van der Waals surface area contributed by atoms with Crippen LogP contribution in [0.25, 0.3) is 16.6 Å². The van der Waals surface area contributed by atoms with Crippen molar-refractivity contribution < 1.29 is 14.4 Å². The molecule has 3 N–H and O–H groups in total. The number of rotatable bonds is 4. The van der Waals surface area contributed by atoms with Crippen LogP contribution >= 0.6 is 0 Å². The van der Waals surface area contributed by atoms with E-state index in [4.69, 9.17) is 5.21 Å². The third-order valence-corrected chi connectivity index (χ3v) is 2.91. The molecule has 1 amide bonds. The van der Waals surface area contributed by atoms with Crippen LogP contribution in [0.15, 0.2) is 43.0 Å². The number of fused-ring (bicyclic) bond motifs is 1. The molecule has 0 radical (unpaired) electrons. The minimum Gasteiger partial charge on any atom is -0.338 e. The van der Waals surface area contributed by atoms with Gasteiger partial charge in [-0.05, 0) is 13.0 Å². The van der Waals surface area contributed by atoms with E-state index in [1.807, 2.05) is 19.1 Å². The number of aromatic amines is 1. The predicted octanol–water partition coefficient (Wildman–Crippen LogP) is 2.97. The minimum atomic E-state index is -0.920. The van der Waals surface area contributed by atoms with Crippen LogP contribution in [0.1, 0.15) is 23.1 Å². The normalized spacial score (nSPS) is 12.0. The number of hydroxylamine groups is 1. The number of imidazole rings is 1. The SMILES string of the molecule is C=C/C=C\C(=C/C)c1nc2cc(C(=O)NO)c(F)cc2[nH]1. The van der Waals surface area contributed by atoms with Crippen molar-refractivity contribution in [1.82, 2.24) is 15.4 Å². The van der Waals surface area contributed by atoms with Crippen molar-refractivity contribution in [2.24, 2.45) is 0 Å². The summed E-state index contributed by atoms with van der Waals surface area (Å²) < 4.78 is 13.8. The highest BCUT2D eigenvalue weighted by atomic mass is 19.1. The summed E-state index contributed by atoms with van der Waals surface area (Å²) in [7, 11) is 0. The molecule has 21 heavy (non-hydrogen) atoms. The number of halogens is 1. The molecule has 5 nitrogen and oxygen atoms in total. The third kappa shape index (κ3) is 2.90. The standard InChI is InChI=1S/C15H14FN3O2/c1-3-5-6-9(4-2)14-17-12-7-10(15(20)19-21)11(16)8-13(12)18-14/h3-8,21H,1H2,2H3,(H,17,18)(H,19,20)/b6-5-,9-4+. The number of aromatic nitrogens is 2. The molecule has 0 bridgehead atoms. The molecule has 0 atom stereocenters. The number of nitrogens with zero attached hydrogens (tertiary/aromatic N) is 1. The summed E-state index contributed by atoms with van der Waals surface area (Å²) in [5.74, 6) is -1.11. The second-order valence-corrected chi connectivity index (χ2v) is 4.21. The van der Waals surface area contributed by atoms with Gasteiger partial charge in [0, 0.05) is 11.6 Å². The molecular weight excluding hydrogens is 273 g/mol. The largest absolute Gasteiger partial charge is 0.338 e. The summed E-state index contributed by atoms with van der Waals surface area (Å²) in [6.45, 7) is 5.44. The Morgan fingerprint density at radius 1 is 1.52 bits per heavy atom. The van der Waals surface area contributed by atoms with Crippen molar-refractivity contribution in [1.29, 1.82) is 0 Å². The molecular formula is C15H14FN3O2. The van der Waals surface area contributed by atoms with E-state index in [1.54, 1.807) is 12.2 Å². The summed E-state index contributed by atoms with van der Waals surface area (Å²) in [5.41, 5.74) is 2.83. The Bertz CT molecular complexity index is 760. The zero-order valence-corrected chi connectivity index (χ0v) is 11.4. The molecule has 108 valence electrons. The van der Waals surface area contributed by atoms with Crippen molar-refractivity contribution in [3.63, 3.8) is 0 Å². The monoisotopic (exact) mass is 287 g/mol. The number of hydrogen-bond donors (Lipinski definition) is 3. The van der Waals surface area contributed by atoms with Gasteiger partial charge in [-0.3, -0.25) is 10.0 Å². The average molecular weight is 287 g/mol. The smallest absolute Gasteiger partial charge is 0.277 e. The van der Waals surface area contributed by atoms with Crippen molar-refractivity contribution in [2.75, 3.05) is 0 Å². The highest BCUT2D eigenvalue weighted by Gasteiger charge is 2.15. The van der Waals surface area contributed by atoms with Crippen LogP contribution in [0.4, 0.5) is 4.39 Å². The Balaban J connectivity index is 2.54. The van der Waals surface area contributed by atoms with Gasteiger partial charge in [0.2, 0.25) is 0 Å². The Hall–Kier alpha value is -2.73. The average Bonchev–Trinajstić information content (AvgIpc) is 2.89. The molecule has 0 spiro atoms. The molecule has 6 heteroatoms. The molecule has 0 unspecified atom stereocenters. The Kier molecular flexibility index (Phi) is 4.30. The first-order valence-electron chi connectivity index (χ1n) is 6.20. The molecule has 1 heterocycles. The fourth-order valence-electron chi connectivity index (χ4n) is 1.88. The number of carbonyl (C=O) groups excluding carboxylic acids is 1. The minimum absolute atomic E-state index is 0.272. The fraction of sp³-hybridized carbons (Fsp3) is 0.0667. The van der Waals surface area contributed by atoms with Crippen molar-refractivity contribution in [3.8, 4) is 0 Å². The Morgan fingerprint density at radius 3 is 2.90 bits per heavy atom. The van der Waals surface area contributed by atoms with Crippen molar-refractivity contribution in [2.45, 2.75) is 6.92 Å². The molecule has 2 rings (SSSR count). The Morgan fingerprint density at radius 2 is 2.29 bits per heavy atom. The number of H-pyrrole nitrogens is 1. The van der Waals surface area contributed by atoms with Gasteiger partial charge in [-0.2, -0.15) is 0 Å². The summed E-state index contributed by atoms with van der Waals surface area (Å²) >= 11 is 0. The van der Waals surface area contributed by atoms with Crippen LogP contribution in [-0.4, -0.2) is 21.1 Å². The van der Waals surface area contributed by atoms with Gasteiger partial charge in [0.05, 0.1) is 16.6 Å². The molecule has 0 saturated carbocycles. The van der Waals surface area contributed by atoms with Gasteiger partial charge >= 0.3 is 0 Å². The maximum atomic E-state index is 13.8. The van der Waals surface area contributed by atoms with Crippen LogP contribution in [0.3, 0.4) is 0 Å². The number of carbonyl (C=O) groups is 1. The van der Waals surface area contributed by atoms with Gasteiger partial charge in [-0.25, -0.2) is 14.9 Å². The lowest BCUT2D eigenvalue weighted by molar-refractivity contribution is 0.0702. The number of nitrogens with one attached hydrogen (secondary N) is 2. The summed E-state index contributed by atoms with van der Waals surface area (Å²) in [4.78, 5) is 18.6. The van der Waals surface area contributed by atoms with Crippen LogP contribution in [0.2, 0.25) is 0 Å². The first-order valence-corrected chi connectivity index (χ1v) is 6.20. The van der Waals surface area contributed by atoms with Crippen molar-refractivity contribution >= 4 is 22.5 Å². The molecule has 0 fully saturated rings. The summed E-state index contributed by atoms with van der Waals surface area (Å²) in [6, 6.07) is 2.45. The summed E-state index contributed by atoms with van der Waals surface area (Å²) in [5, 5.41) is 8.59. The Labute approximate surface area is 120 Å². The molecule has 0 aliphatic heterocycles. The van der Waals surface area contributed by atoms with E-state index in [2.05, 4.69) is 16.5 Å². The number of amides is 1. The second kappa shape index (κ2) is 6.15. The zero-order chi connectivity index (χ0) is 15.4. The van der Waals surface area contributed by atoms with Gasteiger partial charge in [0.1, 0.15) is 11.6 Å². The third-order valence-electron chi connectivity index (χ3n) is 2.91. The molecule has 0 saturated heterocycles. The lowest BCUT2D eigenvalue weighted by Crippen LogP contribution is -2.19. The molecule has 1 aromatic carbocycles. The van der Waals surface area contributed by atoms with Crippen LogP contribution in [-0.2, 0) is 0 Å². The van der Waals surface area contributed by atoms with E-state index in [1.165, 1.54) is 17.6 Å². The fourth-order valence-corrected chi connectivity index (χ4v) is 1.88. The first-order chi connectivity index (χ1) is 10.1. The highest BCUT2D eigenvalue weighted by Crippen LogP contribution is 2.21. The molecule has 1 aromatic heterocycles. The zero-order valence-electron chi connectivity index (χ0n) is 11.4. The lowest BCUT2D eigenvalue weighted by Gasteiger charge is -1.99. The van der Waals surface area contributed by atoms with E-state index < -0.39 is 11.7 Å². The highest BCUT2D eigenvalue weighted by molar-refractivity contribution is 5.97. The predicted molar refractivity (Wildman–Crippen MR) is 78.3 cm³/mol. The summed E-state index contributed by atoms with van der Waals surface area (Å²) in [6.07, 6.45) is 7.04. The lowest BCUT2D eigenvalue weighted by atomic mass is 10.2. The van der Waals surface area contributed by atoms with Crippen molar-refractivity contribution in [3.05, 3.63) is 60.2 Å². The van der Waals surface area contributed by atoms with Crippen LogP contribution in [0, 0.1) is 5.82 Å². The van der Waals surface area contributed by atoms with Crippen LogP contribution < -0.4 is 5.48 Å². The van der Waals surface area contributed by atoms with E-state index in [0.29, 0.717) is 16.9 Å². The maximum Gasteiger partial charge on any atom is 0.277 e. The van der Waals surface area contributed by atoms with Gasteiger partial charge in [-0.15, -0.1) is 0 Å². The molecule has 2 aromatic rings. The van der Waals surface area contributed by atoms with Gasteiger partial charge in [0.25, 0.3) is 5.91 Å². The van der Waals surface area contributed by atoms with Gasteiger partial charge < -0.3 is 4.98 Å². The van der Waals surface area contributed by atoms with Gasteiger partial charge in [0.15, 0.2) is 0 Å². The van der Waals surface area contributed by atoms with E-state index in [0.717, 1.165) is 5.57 Å². The molecule has 0 aliphatic rings. The molecule has 0 aliphatic carbocycles. The first kappa shape index (κ1) is 14.7. The van der Waals surface area contributed by atoms with Crippen LogP contribution in [0.5, 0.6) is 0 Å². The number of benzene rings is 1. The quantitative estimate of drug-likeness (QED) is 0.459. The maximum absolute atomic E-state index is 13.8. The van der Waals surface area contributed by atoms with E-state index in [9.17, 15) is 9.18 Å². The topological polar surface area (TPSA) is 78.0 Å². The van der Waals surface area contributed by atoms with E-state index >= 15 is 0 Å². The number of hydrogen-bond acceptors (Lipinski definition) is 3. The number of allylic oxidation sites excluding steroid dienone is 5. The second-order valence-electron chi connectivity index (χ2n) is 4.21. The van der Waals surface area contributed by atoms with Gasteiger partial charge in [-0.1, -0.05) is 30.9 Å².